The number of carbonyl (C=O) groups excluding carboxylic acids is 1. The number of carbonyl (C=O) groups is 1. The highest BCUT2D eigenvalue weighted by Gasteiger charge is 2.22. The number of hydrogen-bond acceptors (Lipinski definition) is 7. The third-order valence-corrected chi connectivity index (χ3v) is 9.98. The smallest absolute Gasteiger partial charge is 0.220 e. The van der Waals surface area contributed by atoms with Gasteiger partial charge in [-0.15, -0.1) is 0 Å². The fraction of sp³-hybridized carbons (Fsp3) is 0.324. The molecular weight excluding hydrogens is 647 g/mol. The number of hydrogen-bond donors (Lipinski definition) is 3. The average molecular weight is 686 g/mol. The number of fused-ring (bicyclic) bond motifs is 1. The molecule has 2 saturated heterocycles. The lowest BCUT2D eigenvalue weighted by atomic mass is 9.99. The van der Waals surface area contributed by atoms with E-state index in [-0.39, 0.29) is 11.9 Å². The van der Waals surface area contributed by atoms with Crippen molar-refractivity contribution < 1.29 is 14.3 Å². The van der Waals surface area contributed by atoms with Crippen LogP contribution in [0.2, 0.25) is 10.0 Å². The molecule has 0 unspecified atom stereocenters. The van der Waals surface area contributed by atoms with E-state index in [9.17, 15) is 4.79 Å². The van der Waals surface area contributed by atoms with Crippen LogP contribution in [0.1, 0.15) is 30.4 Å². The van der Waals surface area contributed by atoms with Gasteiger partial charge in [0, 0.05) is 97.9 Å². The molecule has 2 aromatic carbocycles. The summed E-state index contributed by atoms with van der Waals surface area (Å²) in [4.78, 5) is 21.2. The number of nitrogens with one attached hydrogen (secondary N) is 3. The first-order valence-electron chi connectivity index (χ1n) is 16.3. The molecular formula is C37H38Cl2N6O3. The minimum atomic E-state index is 0.113. The Kier molecular flexibility index (Phi) is 9.66. The van der Waals surface area contributed by atoms with Crippen LogP contribution in [0.5, 0.6) is 5.75 Å². The molecule has 2 atom stereocenters. The Labute approximate surface area is 290 Å². The van der Waals surface area contributed by atoms with E-state index in [1.54, 1.807) is 13.3 Å². The molecule has 2 aliphatic heterocycles. The lowest BCUT2D eigenvalue weighted by Gasteiger charge is -2.26. The second kappa shape index (κ2) is 14.2. The van der Waals surface area contributed by atoms with E-state index in [1.807, 2.05) is 55.6 Å². The van der Waals surface area contributed by atoms with E-state index < -0.39 is 0 Å². The lowest BCUT2D eigenvalue weighted by molar-refractivity contribution is -0.119. The number of amides is 1. The molecule has 5 heterocycles. The van der Waals surface area contributed by atoms with Crippen LogP contribution in [0.4, 0.5) is 0 Å². The Morgan fingerprint density at radius 3 is 2.54 bits per heavy atom. The normalized spacial score (nSPS) is 17.5. The second-order valence-electron chi connectivity index (χ2n) is 12.4. The molecule has 0 radical (unpaired) electrons. The molecule has 5 aromatic rings. The lowest BCUT2D eigenvalue weighted by Crippen LogP contribution is -2.36. The predicted octanol–water partition coefficient (Wildman–Crippen LogP) is 6.53. The van der Waals surface area contributed by atoms with Crippen molar-refractivity contribution in [1.82, 2.24) is 30.5 Å². The van der Waals surface area contributed by atoms with Crippen LogP contribution in [-0.2, 0) is 29.7 Å². The predicted molar refractivity (Wildman–Crippen MR) is 190 cm³/mol. The number of methoxy groups -OCH3 is 1. The van der Waals surface area contributed by atoms with E-state index in [2.05, 4.69) is 37.8 Å². The van der Waals surface area contributed by atoms with Gasteiger partial charge in [-0.05, 0) is 42.7 Å². The molecule has 0 spiro atoms. The summed E-state index contributed by atoms with van der Waals surface area (Å²) in [5, 5.41) is 12.1. The van der Waals surface area contributed by atoms with Gasteiger partial charge in [-0.25, -0.2) is 4.98 Å². The molecule has 0 saturated carbocycles. The van der Waals surface area contributed by atoms with Gasteiger partial charge in [0.15, 0.2) is 0 Å². The molecule has 0 aliphatic carbocycles. The Morgan fingerprint density at radius 2 is 1.77 bits per heavy atom. The summed E-state index contributed by atoms with van der Waals surface area (Å²) in [6.07, 6.45) is 6.75. The minimum absolute atomic E-state index is 0.113. The van der Waals surface area contributed by atoms with Gasteiger partial charge in [-0.3, -0.25) is 9.78 Å². The van der Waals surface area contributed by atoms with Crippen LogP contribution in [0.15, 0.2) is 67.0 Å². The molecule has 3 aromatic heterocycles. The van der Waals surface area contributed by atoms with Crippen molar-refractivity contribution in [2.45, 2.75) is 44.5 Å². The summed E-state index contributed by atoms with van der Waals surface area (Å²) < 4.78 is 13.3. The molecule has 0 bridgehead atoms. The van der Waals surface area contributed by atoms with Gasteiger partial charge < -0.3 is 30.0 Å². The third-order valence-electron chi connectivity index (χ3n) is 9.19. The van der Waals surface area contributed by atoms with E-state index in [1.165, 1.54) is 5.56 Å². The Hall–Kier alpha value is -3.99. The zero-order chi connectivity index (χ0) is 33.2. The summed E-state index contributed by atoms with van der Waals surface area (Å²) in [6.45, 7) is 3.77. The SMILES string of the molecule is COc1cc(-c2nccc(-c3cccc(-c4ccc5c(CNC[C@@H]6CCO6)cn(C)c5n4)c3Cl)c2Cl)ccc1CNC[C@H]1CCC(=O)N1. The molecule has 9 nitrogen and oxygen atoms in total. The largest absolute Gasteiger partial charge is 0.496 e. The van der Waals surface area contributed by atoms with Crippen molar-refractivity contribution in [3.63, 3.8) is 0 Å². The number of pyridine rings is 2. The number of ether oxygens (including phenoxy) is 2. The number of nitrogens with zero attached hydrogens (tertiary/aromatic N) is 3. The third kappa shape index (κ3) is 6.66. The van der Waals surface area contributed by atoms with Crippen molar-refractivity contribution in [3.8, 4) is 39.4 Å². The highest BCUT2D eigenvalue weighted by atomic mass is 35.5. The monoisotopic (exact) mass is 684 g/mol. The topological polar surface area (TPSA) is 102 Å². The van der Waals surface area contributed by atoms with Gasteiger partial charge in [0.1, 0.15) is 11.4 Å². The van der Waals surface area contributed by atoms with E-state index in [0.29, 0.717) is 41.4 Å². The molecule has 48 heavy (non-hydrogen) atoms. The first-order chi connectivity index (χ1) is 23.4. The summed E-state index contributed by atoms with van der Waals surface area (Å²) in [6, 6.07) is 18.1. The van der Waals surface area contributed by atoms with Gasteiger partial charge in [-0.1, -0.05) is 53.5 Å². The molecule has 3 N–H and O–H groups in total. The van der Waals surface area contributed by atoms with Crippen LogP contribution >= 0.6 is 23.2 Å². The zero-order valence-electron chi connectivity index (χ0n) is 27.0. The summed E-state index contributed by atoms with van der Waals surface area (Å²) >= 11 is 14.2. The minimum Gasteiger partial charge on any atom is -0.496 e. The van der Waals surface area contributed by atoms with Crippen LogP contribution in [0.3, 0.4) is 0 Å². The maximum atomic E-state index is 11.5. The highest BCUT2D eigenvalue weighted by Crippen LogP contribution is 2.42. The van der Waals surface area contributed by atoms with Gasteiger partial charge in [-0.2, -0.15) is 0 Å². The van der Waals surface area contributed by atoms with Crippen LogP contribution in [0, 0.1) is 0 Å². The number of aryl methyl sites for hydroxylation is 1. The standard InChI is InChI=1S/C37H38Cl2N6O3/c1-45-21-24(18-41-20-26-13-15-48-26)27-9-10-31(44-37(27)45)30-5-3-4-28(34(30)38)29-12-14-42-36(35(29)39)22-6-7-23(32(16-22)47-2)17-40-19-25-8-11-33(46)43-25/h3-7,9-10,12,14,16,21,25-26,40-41H,8,11,13,15,17-20H2,1-2H3,(H,43,46)/t25-,26+/m1/s1. The van der Waals surface area contributed by atoms with Crippen molar-refractivity contribution in [3.05, 3.63) is 88.2 Å². The van der Waals surface area contributed by atoms with Crippen molar-refractivity contribution in [2.24, 2.45) is 7.05 Å². The number of aromatic nitrogens is 3. The Morgan fingerprint density at radius 1 is 0.979 bits per heavy atom. The first kappa shape index (κ1) is 32.6. The summed E-state index contributed by atoms with van der Waals surface area (Å²) in [7, 11) is 3.67. The van der Waals surface area contributed by atoms with Crippen LogP contribution in [-0.4, -0.2) is 59.4 Å². The summed E-state index contributed by atoms with van der Waals surface area (Å²) in [5.74, 6) is 0.841. The summed E-state index contributed by atoms with van der Waals surface area (Å²) in [5.41, 5.74) is 7.75. The second-order valence-corrected chi connectivity index (χ2v) is 13.2. The van der Waals surface area contributed by atoms with E-state index in [0.717, 1.165) is 82.8 Å². The van der Waals surface area contributed by atoms with Crippen LogP contribution < -0.4 is 20.7 Å². The fourth-order valence-electron chi connectivity index (χ4n) is 6.48. The molecule has 2 aliphatic rings. The molecule has 248 valence electrons. The Bertz CT molecular complexity index is 1970. The van der Waals surface area contributed by atoms with Crippen LogP contribution in [0.25, 0.3) is 44.7 Å². The molecule has 11 heteroatoms. The molecule has 7 rings (SSSR count). The maximum Gasteiger partial charge on any atom is 0.220 e. The number of rotatable bonds is 12. The fourth-order valence-corrected chi connectivity index (χ4v) is 7.12. The van der Waals surface area contributed by atoms with Gasteiger partial charge in [0.25, 0.3) is 0 Å². The Balaban J connectivity index is 1.12. The molecule has 2 fully saturated rings. The highest BCUT2D eigenvalue weighted by molar-refractivity contribution is 6.39. The first-order valence-corrected chi connectivity index (χ1v) is 17.0. The van der Waals surface area contributed by atoms with E-state index >= 15 is 0 Å². The van der Waals surface area contributed by atoms with Crippen molar-refractivity contribution in [2.75, 3.05) is 26.8 Å². The quantitative estimate of drug-likeness (QED) is 0.137. The van der Waals surface area contributed by atoms with Gasteiger partial charge >= 0.3 is 0 Å². The number of halogens is 2. The number of benzene rings is 2. The van der Waals surface area contributed by atoms with Gasteiger partial charge in [0.05, 0.1) is 34.6 Å². The average Bonchev–Trinajstić information content (AvgIpc) is 3.64. The van der Waals surface area contributed by atoms with Crippen molar-refractivity contribution >= 4 is 40.1 Å². The van der Waals surface area contributed by atoms with E-state index in [4.69, 9.17) is 37.7 Å². The van der Waals surface area contributed by atoms with Gasteiger partial charge in [0.2, 0.25) is 5.91 Å². The maximum absolute atomic E-state index is 11.5. The van der Waals surface area contributed by atoms with Crippen molar-refractivity contribution in [1.29, 1.82) is 0 Å². The zero-order valence-corrected chi connectivity index (χ0v) is 28.5. The molecule has 1 amide bonds.